The van der Waals surface area contributed by atoms with E-state index in [0.717, 1.165) is 15.7 Å². The molecule has 126 valence electrons. The maximum atomic E-state index is 12.4. The first-order chi connectivity index (χ1) is 11.2. The second kappa shape index (κ2) is 7.41. The van der Waals surface area contributed by atoms with Crippen LogP contribution in [0, 0.1) is 3.57 Å². The van der Waals surface area contributed by atoms with Crippen molar-refractivity contribution in [1.82, 2.24) is 0 Å². The molecule has 0 aliphatic heterocycles. The predicted octanol–water partition coefficient (Wildman–Crippen LogP) is 1.38. The third-order valence-electron chi connectivity index (χ3n) is 2.90. The van der Waals surface area contributed by atoms with Crippen LogP contribution in [0.5, 0.6) is 5.75 Å². The fourth-order valence-corrected chi connectivity index (χ4v) is 4.23. The molecule has 0 radical (unpaired) electrons. The minimum atomic E-state index is -5.19. The van der Waals surface area contributed by atoms with Gasteiger partial charge in [0.25, 0.3) is 0 Å². The van der Waals surface area contributed by atoms with Crippen molar-refractivity contribution in [2.75, 3.05) is 5.32 Å². The maximum absolute atomic E-state index is 12.4. The summed E-state index contributed by atoms with van der Waals surface area (Å²) in [4.78, 5) is 23.1. The monoisotopic (exact) mass is 505 g/mol. The summed E-state index contributed by atoms with van der Waals surface area (Å²) in [5.74, 6) is -1.66. The number of anilines is 1. The molecule has 1 amide bonds. The van der Waals surface area contributed by atoms with Gasteiger partial charge >= 0.3 is 155 Å². The van der Waals surface area contributed by atoms with Crippen molar-refractivity contribution in [3.8, 4) is 5.75 Å². The van der Waals surface area contributed by atoms with Crippen LogP contribution in [0.1, 0.15) is 17.3 Å². The van der Waals surface area contributed by atoms with Gasteiger partial charge in [0.05, 0.1) is 0 Å². The van der Waals surface area contributed by atoms with Gasteiger partial charge in [-0.05, 0) is 0 Å². The molecule has 2 aromatic carbocycles. The molecule has 0 bridgehead atoms. The predicted molar refractivity (Wildman–Crippen MR) is 95.3 cm³/mol. The van der Waals surface area contributed by atoms with Crippen molar-refractivity contribution in [3.05, 3.63) is 51.6 Å². The Kier molecular flexibility index (Phi) is 5.74. The molecule has 3 N–H and O–H groups in total. The topological polar surface area (TPSA) is 113 Å². The standard InChI is InChI=1S/C15H13AsINO6/c1-9(19)18-13-8-11(4-7-14(13)20)16(22,23)24-15(21)10-2-5-12(17)6-3-10/h2-8,20H,1H3,(H,18,19)(H,22,23). The summed E-state index contributed by atoms with van der Waals surface area (Å²) in [6, 6.07) is 9.73. The Labute approximate surface area is 154 Å². The molecule has 7 nitrogen and oxygen atoms in total. The second-order valence-corrected chi connectivity index (χ2v) is 9.68. The van der Waals surface area contributed by atoms with E-state index in [1.54, 1.807) is 12.1 Å². The summed E-state index contributed by atoms with van der Waals surface area (Å²) in [6.45, 7) is 1.23. The molecule has 2 aromatic rings. The van der Waals surface area contributed by atoms with E-state index in [-0.39, 0.29) is 21.4 Å². The number of carbonyl (C=O) groups is 2. The summed E-state index contributed by atoms with van der Waals surface area (Å²) < 4.78 is 28.0. The van der Waals surface area contributed by atoms with E-state index < -0.39 is 26.0 Å². The molecule has 0 aromatic heterocycles. The van der Waals surface area contributed by atoms with Gasteiger partial charge in [-0.15, -0.1) is 0 Å². The average Bonchev–Trinajstić information content (AvgIpc) is 2.49. The summed E-state index contributed by atoms with van der Waals surface area (Å²) >= 11 is -3.13. The third-order valence-corrected chi connectivity index (χ3v) is 6.44. The number of rotatable bonds is 4. The molecule has 0 aliphatic carbocycles. The summed E-state index contributed by atoms with van der Waals surface area (Å²) in [5.41, 5.74) is 0.105. The van der Waals surface area contributed by atoms with Gasteiger partial charge in [0.2, 0.25) is 0 Å². The average molecular weight is 505 g/mol. The Balaban J connectivity index is 2.26. The number of hydrogen-bond acceptors (Lipinski definition) is 5. The fourth-order valence-electron chi connectivity index (χ4n) is 1.79. The molecule has 1 atom stereocenters. The zero-order valence-corrected chi connectivity index (χ0v) is 16.4. The van der Waals surface area contributed by atoms with Crippen LogP contribution in [0.4, 0.5) is 5.69 Å². The van der Waals surface area contributed by atoms with E-state index in [1.807, 2.05) is 0 Å². The van der Waals surface area contributed by atoms with Crippen molar-refractivity contribution in [3.63, 3.8) is 0 Å². The number of hydrogen-bond donors (Lipinski definition) is 3. The van der Waals surface area contributed by atoms with Crippen molar-refractivity contribution >= 4 is 58.7 Å². The molecule has 0 saturated heterocycles. The number of nitrogens with one attached hydrogen (secondary N) is 1. The van der Waals surface area contributed by atoms with E-state index >= 15 is 0 Å². The van der Waals surface area contributed by atoms with E-state index in [2.05, 4.69) is 27.9 Å². The van der Waals surface area contributed by atoms with Crippen molar-refractivity contribution in [2.24, 2.45) is 0 Å². The zero-order chi connectivity index (χ0) is 17.9. The van der Waals surface area contributed by atoms with E-state index in [4.69, 9.17) is 3.73 Å². The van der Waals surface area contributed by atoms with E-state index in [0.29, 0.717) is 0 Å². The van der Waals surface area contributed by atoms with Crippen molar-refractivity contribution in [1.29, 1.82) is 0 Å². The SMILES string of the molecule is CC(=O)Nc1cc([As](=O)(O)OC(=O)c2ccc(I)cc2)ccc1O. The minimum absolute atomic E-state index is 0.0407. The fraction of sp³-hybridized carbons (Fsp3) is 0.0667. The number of carbonyl (C=O) groups excluding carboxylic acids is 2. The summed E-state index contributed by atoms with van der Waals surface area (Å²) in [6.07, 6.45) is 0. The Morgan fingerprint density at radius 1 is 1.17 bits per heavy atom. The molecule has 0 fully saturated rings. The van der Waals surface area contributed by atoms with Gasteiger partial charge in [-0.1, -0.05) is 0 Å². The van der Waals surface area contributed by atoms with Crippen LogP contribution in [0.25, 0.3) is 0 Å². The molecular weight excluding hydrogens is 492 g/mol. The van der Waals surface area contributed by atoms with Crippen LogP contribution in [0.2, 0.25) is 0 Å². The first-order valence-electron chi connectivity index (χ1n) is 6.62. The van der Waals surface area contributed by atoms with Crippen molar-refractivity contribution in [2.45, 2.75) is 6.92 Å². The molecule has 1 unspecified atom stereocenters. The van der Waals surface area contributed by atoms with Gasteiger partial charge in [0.15, 0.2) is 0 Å². The van der Waals surface area contributed by atoms with Gasteiger partial charge in [-0.25, -0.2) is 0 Å². The molecule has 2 rings (SSSR count). The molecule has 0 aliphatic rings. The molecular formula is C15H13AsINO6. The molecule has 0 saturated carbocycles. The number of phenols is 1. The van der Waals surface area contributed by atoms with Crippen LogP contribution < -0.4 is 9.67 Å². The quantitative estimate of drug-likeness (QED) is 0.329. The van der Waals surface area contributed by atoms with Gasteiger partial charge in [-0.2, -0.15) is 0 Å². The Hall–Kier alpha value is -1.77. The first kappa shape index (κ1) is 18.6. The Bertz CT molecular complexity index is 836. The van der Waals surface area contributed by atoms with E-state index in [9.17, 15) is 22.5 Å². The number of benzene rings is 2. The number of aromatic hydroxyl groups is 1. The third kappa shape index (κ3) is 4.62. The summed E-state index contributed by atoms with van der Waals surface area (Å²) in [5, 5.41) is 12.0. The molecule has 0 heterocycles. The van der Waals surface area contributed by atoms with Gasteiger partial charge in [0, 0.05) is 0 Å². The van der Waals surface area contributed by atoms with Gasteiger partial charge < -0.3 is 0 Å². The normalized spacial score (nSPS) is 13.0. The Morgan fingerprint density at radius 3 is 2.38 bits per heavy atom. The Morgan fingerprint density at radius 2 is 1.79 bits per heavy atom. The number of halogens is 1. The zero-order valence-electron chi connectivity index (χ0n) is 12.4. The van der Waals surface area contributed by atoms with E-state index in [1.165, 1.54) is 25.1 Å². The molecule has 9 heteroatoms. The van der Waals surface area contributed by atoms with Crippen LogP contribution in [-0.2, 0) is 12.3 Å². The summed E-state index contributed by atoms with van der Waals surface area (Å²) in [7, 11) is 0. The molecule has 0 spiro atoms. The van der Waals surface area contributed by atoms with Crippen molar-refractivity contribution < 1.29 is 26.3 Å². The van der Waals surface area contributed by atoms with Gasteiger partial charge in [-0.3, -0.25) is 0 Å². The van der Waals surface area contributed by atoms with Crippen LogP contribution in [-0.4, -0.2) is 35.3 Å². The second-order valence-electron chi connectivity index (χ2n) is 4.79. The van der Waals surface area contributed by atoms with Crippen LogP contribution >= 0.6 is 22.6 Å². The van der Waals surface area contributed by atoms with Crippen LogP contribution in [0.15, 0.2) is 42.5 Å². The van der Waals surface area contributed by atoms with Gasteiger partial charge in [0.1, 0.15) is 0 Å². The number of amides is 1. The molecule has 24 heavy (non-hydrogen) atoms. The van der Waals surface area contributed by atoms with Crippen LogP contribution in [0.3, 0.4) is 0 Å². The number of phenolic OH excluding ortho intramolecular Hbond substituents is 1. The first-order valence-corrected chi connectivity index (χ1v) is 11.0.